The molecule has 2 rings (SSSR count). The summed E-state index contributed by atoms with van der Waals surface area (Å²) in [4.78, 5) is 15.9. The lowest BCUT2D eigenvalue weighted by atomic mass is 10.0. The van der Waals surface area contributed by atoms with Crippen LogP contribution in [-0.4, -0.2) is 42.7 Å². The maximum absolute atomic E-state index is 12.0. The molecule has 0 radical (unpaired) electrons. The molecule has 24 heavy (non-hydrogen) atoms. The third-order valence-electron chi connectivity index (χ3n) is 3.52. The van der Waals surface area contributed by atoms with Crippen LogP contribution in [0.3, 0.4) is 0 Å². The summed E-state index contributed by atoms with van der Waals surface area (Å²) in [7, 11) is 1.59. The first-order valence-corrected chi connectivity index (χ1v) is 8.01. The van der Waals surface area contributed by atoms with Crippen LogP contribution in [0.5, 0.6) is 0 Å². The third-order valence-corrected chi connectivity index (χ3v) is 3.77. The van der Waals surface area contributed by atoms with Crippen molar-refractivity contribution in [2.75, 3.05) is 20.1 Å². The Balaban J connectivity index is 1.91. The van der Waals surface area contributed by atoms with Gasteiger partial charge in [0, 0.05) is 38.0 Å². The van der Waals surface area contributed by atoms with Crippen LogP contribution in [0.1, 0.15) is 24.8 Å². The van der Waals surface area contributed by atoms with Crippen LogP contribution in [0, 0.1) is 11.5 Å². The molecule has 0 atom stereocenters. The summed E-state index contributed by atoms with van der Waals surface area (Å²) < 4.78 is 0. The molecule has 126 valence electrons. The average Bonchev–Trinajstić information content (AvgIpc) is 2.60. The summed E-state index contributed by atoms with van der Waals surface area (Å²) in [5.74, 6) is 0.431. The summed E-state index contributed by atoms with van der Waals surface area (Å²) in [6.07, 6.45) is 3.58. The number of benzene rings is 1. The molecule has 1 aromatic carbocycles. The van der Waals surface area contributed by atoms with Gasteiger partial charge >= 0.3 is 0 Å². The number of nitrogens with one attached hydrogen (secondary N) is 2. The van der Waals surface area contributed by atoms with Crippen LogP contribution >= 0.6 is 11.6 Å². The molecule has 1 aliphatic rings. The Morgan fingerprint density at radius 1 is 1.42 bits per heavy atom. The fourth-order valence-electron chi connectivity index (χ4n) is 2.29. The monoisotopic (exact) mass is 346 g/mol. The third kappa shape index (κ3) is 4.96. The molecular weight excluding hydrogens is 328 g/mol. The van der Waals surface area contributed by atoms with E-state index < -0.39 is 0 Å². The van der Waals surface area contributed by atoms with Crippen molar-refractivity contribution >= 4 is 29.2 Å². The van der Waals surface area contributed by atoms with Crippen molar-refractivity contribution < 1.29 is 4.79 Å². The van der Waals surface area contributed by atoms with Gasteiger partial charge in [-0.15, -0.1) is 0 Å². The normalized spacial score (nSPS) is 14.9. The quantitative estimate of drug-likeness (QED) is 0.279. The molecule has 1 aliphatic heterocycles. The van der Waals surface area contributed by atoms with Gasteiger partial charge in [-0.05, 0) is 24.1 Å². The van der Waals surface area contributed by atoms with E-state index in [0.29, 0.717) is 43.3 Å². The second kappa shape index (κ2) is 8.89. The summed E-state index contributed by atoms with van der Waals surface area (Å²) in [5, 5.41) is 20.6. The summed E-state index contributed by atoms with van der Waals surface area (Å²) >= 11 is 5.90. The number of nitrogens with zero attached hydrogens (tertiary/aromatic N) is 4. The highest BCUT2D eigenvalue weighted by Gasteiger charge is 2.20. The molecule has 0 bridgehead atoms. The molecule has 0 aliphatic carbocycles. The van der Waals surface area contributed by atoms with E-state index in [2.05, 4.69) is 20.7 Å². The zero-order valence-corrected chi connectivity index (χ0v) is 14.2. The van der Waals surface area contributed by atoms with Crippen molar-refractivity contribution in [2.45, 2.75) is 19.3 Å². The van der Waals surface area contributed by atoms with E-state index in [1.807, 2.05) is 24.3 Å². The number of hydrogen-bond acceptors (Lipinski definition) is 4. The van der Waals surface area contributed by atoms with Crippen LogP contribution in [0.15, 0.2) is 34.4 Å². The van der Waals surface area contributed by atoms with Crippen molar-refractivity contribution in [2.24, 2.45) is 10.1 Å². The lowest BCUT2D eigenvalue weighted by Crippen LogP contribution is -2.37. The maximum Gasteiger partial charge on any atom is 0.243 e. The summed E-state index contributed by atoms with van der Waals surface area (Å²) in [6.45, 7) is 1.09. The smallest absolute Gasteiger partial charge is 0.243 e. The molecule has 0 saturated carbocycles. The van der Waals surface area contributed by atoms with Gasteiger partial charge in [0.2, 0.25) is 11.9 Å². The first-order chi connectivity index (χ1) is 11.6. The van der Waals surface area contributed by atoms with Gasteiger partial charge in [0.25, 0.3) is 0 Å². The Labute approximate surface area is 146 Å². The first-order valence-electron chi connectivity index (χ1n) is 7.63. The average molecular weight is 347 g/mol. The molecule has 1 amide bonds. The highest BCUT2D eigenvalue weighted by atomic mass is 35.5. The molecular formula is C16H19ClN6O. The fourth-order valence-corrected chi connectivity index (χ4v) is 2.42. The topological polar surface area (TPSA) is 92.9 Å². The van der Waals surface area contributed by atoms with Crippen molar-refractivity contribution in [1.29, 1.82) is 5.26 Å². The Morgan fingerprint density at radius 3 is 2.83 bits per heavy atom. The van der Waals surface area contributed by atoms with Crippen molar-refractivity contribution in [3.63, 3.8) is 0 Å². The van der Waals surface area contributed by atoms with Gasteiger partial charge in [0.05, 0.1) is 5.71 Å². The molecule has 2 N–H and O–H groups in total. The molecule has 1 heterocycles. The number of amides is 1. The van der Waals surface area contributed by atoms with Gasteiger partial charge in [0.1, 0.15) is 0 Å². The van der Waals surface area contributed by atoms with Gasteiger partial charge in [-0.25, -0.2) is 5.01 Å². The highest BCUT2D eigenvalue weighted by molar-refractivity contribution is 6.30. The number of nitriles is 1. The molecule has 0 spiro atoms. The minimum Gasteiger partial charge on any atom is -0.356 e. The molecule has 8 heteroatoms. The molecule has 0 saturated heterocycles. The number of carbonyl (C=O) groups excluding carboxylic acids is 1. The Bertz CT molecular complexity index is 677. The van der Waals surface area contributed by atoms with Crippen LogP contribution in [0.4, 0.5) is 0 Å². The van der Waals surface area contributed by atoms with E-state index in [1.54, 1.807) is 13.2 Å². The Hall–Kier alpha value is -2.59. The number of rotatable bonds is 5. The second-order valence-electron chi connectivity index (χ2n) is 5.16. The first kappa shape index (κ1) is 17.8. The summed E-state index contributed by atoms with van der Waals surface area (Å²) in [5.41, 5.74) is 1.87. The van der Waals surface area contributed by atoms with Crippen LogP contribution in [-0.2, 0) is 4.79 Å². The number of aliphatic imine (C=N–C) groups is 1. The van der Waals surface area contributed by atoms with Crippen molar-refractivity contribution in [3.8, 4) is 6.19 Å². The largest absolute Gasteiger partial charge is 0.356 e. The molecule has 0 fully saturated rings. The summed E-state index contributed by atoms with van der Waals surface area (Å²) in [6, 6.07) is 7.46. The van der Waals surface area contributed by atoms with Gasteiger partial charge in [0.15, 0.2) is 6.19 Å². The SMILES string of the molecule is CN=C(NC#N)NCCCN1N=C(c2ccc(Cl)cc2)CCC1=O. The van der Waals surface area contributed by atoms with Gasteiger partial charge < -0.3 is 5.32 Å². The number of halogens is 1. The fraction of sp³-hybridized carbons (Fsp3) is 0.375. The molecule has 0 unspecified atom stereocenters. The minimum atomic E-state index is 0.0206. The number of carbonyl (C=O) groups is 1. The van der Waals surface area contributed by atoms with Crippen molar-refractivity contribution in [1.82, 2.24) is 15.6 Å². The molecule has 0 aromatic heterocycles. The Kier molecular flexibility index (Phi) is 6.58. The lowest BCUT2D eigenvalue weighted by Gasteiger charge is -2.23. The van der Waals surface area contributed by atoms with Crippen molar-refractivity contribution in [3.05, 3.63) is 34.9 Å². The standard InChI is InChI=1S/C16H19ClN6O/c1-19-16(21-11-18)20-9-2-10-23-15(24)8-7-14(22-23)12-3-5-13(17)6-4-12/h3-6H,2,7-10H2,1H3,(H2,19,20,21). The van der Waals surface area contributed by atoms with E-state index >= 15 is 0 Å². The van der Waals surface area contributed by atoms with Gasteiger partial charge in [-0.1, -0.05) is 23.7 Å². The van der Waals surface area contributed by atoms with E-state index in [4.69, 9.17) is 16.9 Å². The molecule has 1 aromatic rings. The Morgan fingerprint density at radius 2 is 2.17 bits per heavy atom. The molecule has 7 nitrogen and oxygen atoms in total. The highest BCUT2D eigenvalue weighted by Crippen LogP contribution is 2.17. The number of hydrogen-bond donors (Lipinski definition) is 2. The van der Waals surface area contributed by atoms with Crippen LogP contribution < -0.4 is 10.6 Å². The zero-order chi connectivity index (χ0) is 17.4. The number of guanidine groups is 1. The van der Waals surface area contributed by atoms with Gasteiger partial charge in [-0.3, -0.25) is 15.1 Å². The minimum absolute atomic E-state index is 0.0206. The van der Waals surface area contributed by atoms with Crippen LogP contribution in [0.2, 0.25) is 5.02 Å². The van der Waals surface area contributed by atoms with E-state index in [1.165, 1.54) is 5.01 Å². The maximum atomic E-state index is 12.0. The number of hydrazone groups is 1. The van der Waals surface area contributed by atoms with E-state index in [0.717, 1.165) is 11.3 Å². The van der Waals surface area contributed by atoms with E-state index in [9.17, 15) is 4.79 Å². The second-order valence-corrected chi connectivity index (χ2v) is 5.60. The predicted molar refractivity (Wildman–Crippen MR) is 93.7 cm³/mol. The van der Waals surface area contributed by atoms with E-state index in [-0.39, 0.29) is 5.91 Å². The zero-order valence-electron chi connectivity index (χ0n) is 13.4. The lowest BCUT2D eigenvalue weighted by molar-refractivity contribution is -0.131. The van der Waals surface area contributed by atoms with Crippen LogP contribution in [0.25, 0.3) is 0 Å². The predicted octanol–water partition coefficient (Wildman–Crippen LogP) is 1.70. The van der Waals surface area contributed by atoms with Gasteiger partial charge in [-0.2, -0.15) is 10.4 Å².